The van der Waals surface area contributed by atoms with Crippen LogP contribution in [0, 0.1) is 0 Å². The molecule has 1 aromatic rings. The highest BCUT2D eigenvalue weighted by Gasteiger charge is 2.05. The van der Waals surface area contributed by atoms with Gasteiger partial charge in [0, 0.05) is 13.6 Å². The number of aliphatic hydroxyl groups is 1. The van der Waals surface area contributed by atoms with Gasteiger partial charge in [-0.2, -0.15) is 0 Å². The van der Waals surface area contributed by atoms with Crippen molar-refractivity contribution < 1.29 is 5.11 Å². The molecule has 1 atom stereocenters. The summed E-state index contributed by atoms with van der Waals surface area (Å²) in [6, 6.07) is 5.42. The van der Waals surface area contributed by atoms with Gasteiger partial charge in [0.2, 0.25) is 0 Å². The lowest BCUT2D eigenvalue weighted by atomic mass is 10.3. The summed E-state index contributed by atoms with van der Waals surface area (Å²) in [6.45, 7) is 2.29. The van der Waals surface area contributed by atoms with Crippen LogP contribution in [0.5, 0.6) is 0 Å². The zero-order valence-corrected chi connectivity index (χ0v) is 8.49. The maximum Gasteiger partial charge on any atom is 0.131 e. The van der Waals surface area contributed by atoms with Crippen LogP contribution >= 0.6 is 11.6 Å². The van der Waals surface area contributed by atoms with Crippen molar-refractivity contribution in [1.82, 2.24) is 4.98 Å². The number of hydrogen-bond acceptors (Lipinski definition) is 3. The van der Waals surface area contributed by atoms with Crippen LogP contribution in [0.2, 0.25) is 5.15 Å². The fourth-order valence-electron chi connectivity index (χ4n) is 1.10. The monoisotopic (exact) mass is 200 g/mol. The number of aliphatic hydroxyl groups excluding tert-OH is 1. The van der Waals surface area contributed by atoms with E-state index in [-0.39, 0.29) is 6.10 Å². The Hall–Kier alpha value is -0.800. The molecule has 1 heterocycles. The molecule has 1 N–H and O–H groups in total. The summed E-state index contributed by atoms with van der Waals surface area (Å²) in [7, 11) is 1.87. The molecule has 13 heavy (non-hydrogen) atoms. The van der Waals surface area contributed by atoms with Gasteiger partial charge in [0.25, 0.3) is 0 Å². The van der Waals surface area contributed by atoms with Gasteiger partial charge in [-0.25, -0.2) is 4.98 Å². The largest absolute Gasteiger partial charge is 0.392 e. The van der Waals surface area contributed by atoms with Crippen LogP contribution in [-0.2, 0) is 0 Å². The van der Waals surface area contributed by atoms with E-state index in [4.69, 9.17) is 16.7 Å². The first kappa shape index (κ1) is 10.3. The van der Waals surface area contributed by atoms with Crippen molar-refractivity contribution in [3.63, 3.8) is 0 Å². The molecule has 0 saturated heterocycles. The van der Waals surface area contributed by atoms with Gasteiger partial charge in [0.1, 0.15) is 11.0 Å². The highest BCUT2D eigenvalue weighted by atomic mass is 35.5. The molecule has 1 rings (SSSR count). The quantitative estimate of drug-likeness (QED) is 0.753. The molecule has 4 heteroatoms. The van der Waals surface area contributed by atoms with Crippen molar-refractivity contribution in [2.45, 2.75) is 13.0 Å². The molecule has 72 valence electrons. The van der Waals surface area contributed by atoms with Crippen molar-refractivity contribution >= 4 is 17.4 Å². The molecule has 0 aliphatic carbocycles. The fourth-order valence-corrected chi connectivity index (χ4v) is 1.26. The Labute approximate surface area is 83.0 Å². The van der Waals surface area contributed by atoms with Crippen molar-refractivity contribution in [2.75, 3.05) is 18.5 Å². The third kappa shape index (κ3) is 3.20. The van der Waals surface area contributed by atoms with E-state index < -0.39 is 0 Å². The summed E-state index contributed by atoms with van der Waals surface area (Å²) in [6.07, 6.45) is -0.370. The predicted molar refractivity (Wildman–Crippen MR) is 54.2 cm³/mol. The van der Waals surface area contributed by atoms with Gasteiger partial charge < -0.3 is 10.0 Å². The van der Waals surface area contributed by atoms with Crippen molar-refractivity contribution in [2.24, 2.45) is 0 Å². The van der Waals surface area contributed by atoms with Crippen molar-refractivity contribution in [1.29, 1.82) is 0 Å². The van der Waals surface area contributed by atoms with Crippen LogP contribution in [0.1, 0.15) is 6.92 Å². The summed E-state index contributed by atoms with van der Waals surface area (Å²) in [5, 5.41) is 9.62. The highest BCUT2D eigenvalue weighted by molar-refractivity contribution is 6.29. The van der Waals surface area contributed by atoms with Crippen LogP contribution in [0.4, 0.5) is 5.82 Å². The standard InChI is InChI=1S/C9H13ClN2O/c1-7(13)6-12(2)9-5-3-4-8(10)11-9/h3-5,7,13H,6H2,1-2H3. The van der Waals surface area contributed by atoms with E-state index in [2.05, 4.69) is 4.98 Å². The average Bonchev–Trinajstić information content (AvgIpc) is 2.03. The highest BCUT2D eigenvalue weighted by Crippen LogP contribution is 2.12. The first-order valence-electron chi connectivity index (χ1n) is 4.11. The van der Waals surface area contributed by atoms with Gasteiger partial charge in [-0.05, 0) is 19.1 Å². The van der Waals surface area contributed by atoms with Crippen LogP contribution < -0.4 is 4.90 Å². The molecular formula is C9H13ClN2O. The normalized spacial score (nSPS) is 12.6. The minimum atomic E-state index is -0.370. The van der Waals surface area contributed by atoms with Crippen LogP contribution in [0.15, 0.2) is 18.2 Å². The summed E-state index contributed by atoms with van der Waals surface area (Å²) in [5.74, 6) is 0.772. The molecule has 3 nitrogen and oxygen atoms in total. The van der Waals surface area contributed by atoms with Crippen LogP contribution in [0.3, 0.4) is 0 Å². The molecule has 0 fully saturated rings. The SMILES string of the molecule is CC(O)CN(C)c1cccc(Cl)n1. The Morgan fingerprint density at radius 3 is 2.85 bits per heavy atom. The van der Waals surface area contributed by atoms with Gasteiger partial charge in [-0.1, -0.05) is 17.7 Å². The molecule has 1 unspecified atom stereocenters. The maximum atomic E-state index is 9.15. The van der Waals surface area contributed by atoms with Gasteiger partial charge in [0.15, 0.2) is 0 Å². The van der Waals surface area contributed by atoms with E-state index in [0.717, 1.165) is 5.82 Å². The molecule has 0 radical (unpaired) electrons. The second kappa shape index (κ2) is 4.44. The molecule has 0 bridgehead atoms. The second-order valence-electron chi connectivity index (χ2n) is 3.05. The van der Waals surface area contributed by atoms with E-state index in [1.807, 2.05) is 24.1 Å². The number of pyridine rings is 1. The Balaban J connectivity index is 2.71. The Bertz CT molecular complexity index is 278. The summed E-state index contributed by atoms with van der Waals surface area (Å²) in [4.78, 5) is 5.96. The number of nitrogens with zero attached hydrogens (tertiary/aromatic N) is 2. The number of likely N-dealkylation sites (N-methyl/N-ethyl adjacent to an activating group) is 1. The first-order valence-corrected chi connectivity index (χ1v) is 4.49. The smallest absolute Gasteiger partial charge is 0.131 e. The molecule has 0 aliphatic rings. The Morgan fingerprint density at radius 1 is 1.62 bits per heavy atom. The zero-order valence-electron chi connectivity index (χ0n) is 7.74. The third-order valence-electron chi connectivity index (χ3n) is 1.63. The molecule has 0 amide bonds. The number of hydrogen-bond donors (Lipinski definition) is 1. The minimum Gasteiger partial charge on any atom is -0.392 e. The number of anilines is 1. The van der Waals surface area contributed by atoms with Gasteiger partial charge in [-0.3, -0.25) is 0 Å². The average molecular weight is 201 g/mol. The summed E-state index contributed by atoms with van der Waals surface area (Å²) < 4.78 is 0. The Kier molecular flexibility index (Phi) is 3.51. The van der Waals surface area contributed by atoms with Gasteiger partial charge in [-0.15, -0.1) is 0 Å². The zero-order chi connectivity index (χ0) is 9.84. The van der Waals surface area contributed by atoms with E-state index in [9.17, 15) is 0 Å². The molecular weight excluding hydrogens is 188 g/mol. The van der Waals surface area contributed by atoms with E-state index in [1.165, 1.54) is 0 Å². The Morgan fingerprint density at radius 2 is 2.31 bits per heavy atom. The lowest BCUT2D eigenvalue weighted by Crippen LogP contribution is -2.27. The molecule has 1 aromatic heterocycles. The number of rotatable bonds is 3. The minimum absolute atomic E-state index is 0.370. The third-order valence-corrected chi connectivity index (χ3v) is 1.84. The predicted octanol–water partition coefficient (Wildman–Crippen LogP) is 1.55. The molecule has 0 spiro atoms. The van der Waals surface area contributed by atoms with E-state index in [1.54, 1.807) is 13.0 Å². The van der Waals surface area contributed by atoms with Crippen molar-refractivity contribution in [3.05, 3.63) is 23.4 Å². The molecule has 0 aromatic carbocycles. The molecule has 0 aliphatic heterocycles. The fraction of sp³-hybridized carbons (Fsp3) is 0.444. The summed E-state index contributed by atoms with van der Waals surface area (Å²) in [5.41, 5.74) is 0. The number of halogens is 1. The molecule has 0 saturated carbocycles. The lowest BCUT2D eigenvalue weighted by molar-refractivity contribution is 0.201. The van der Waals surface area contributed by atoms with Gasteiger partial charge in [0.05, 0.1) is 6.10 Å². The second-order valence-corrected chi connectivity index (χ2v) is 3.44. The van der Waals surface area contributed by atoms with Gasteiger partial charge >= 0.3 is 0 Å². The summed E-state index contributed by atoms with van der Waals surface area (Å²) >= 11 is 5.73. The van der Waals surface area contributed by atoms with E-state index in [0.29, 0.717) is 11.7 Å². The van der Waals surface area contributed by atoms with Crippen LogP contribution in [0.25, 0.3) is 0 Å². The topological polar surface area (TPSA) is 36.4 Å². The number of aromatic nitrogens is 1. The maximum absolute atomic E-state index is 9.15. The lowest BCUT2D eigenvalue weighted by Gasteiger charge is -2.19. The van der Waals surface area contributed by atoms with E-state index >= 15 is 0 Å². The van der Waals surface area contributed by atoms with Crippen LogP contribution in [-0.4, -0.2) is 29.8 Å². The van der Waals surface area contributed by atoms with Crippen molar-refractivity contribution in [3.8, 4) is 0 Å². The first-order chi connectivity index (χ1) is 6.09.